The lowest BCUT2D eigenvalue weighted by molar-refractivity contribution is -0.0249. The zero-order chi connectivity index (χ0) is 11.4. The number of methoxy groups -OCH3 is 1. The molecule has 0 aliphatic carbocycles. The highest BCUT2D eigenvalue weighted by molar-refractivity contribution is 4.87. The maximum atomic E-state index is 5.59. The van der Waals surface area contributed by atoms with Crippen molar-refractivity contribution < 1.29 is 4.74 Å². The SMILES string of the molecule is CCC(C)C(NN)C(OC)C(C)(C)C. The monoisotopic (exact) mass is 202 g/mol. The average molecular weight is 202 g/mol. The molecule has 0 saturated carbocycles. The number of nitrogens with one attached hydrogen (secondary N) is 1. The van der Waals surface area contributed by atoms with E-state index in [1.54, 1.807) is 7.11 Å². The first kappa shape index (κ1) is 13.9. The molecule has 3 nitrogen and oxygen atoms in total. The van der Waals surface area contributed by atoms with Gasteiger partial charge < -0.3 is 4.74 Å². The Labute approximate surface area is 88.4 Å². The van der Waals surface area contributed by atoms with E-state index in [-0.39, 0.29) is 17.6 Å². The van der Waals surface area contributed by atoms with Crippen molar-refractivity contribution in [2.45, 2.75) is 53.2 Å². The second kappa shape index (κ2) is 5.69. The predicted octanol–water partition coefficient (Wildman–Crippen LogP) is 1.93. The molecule has 0 spiro atoms. The van der Waals surface area contributed by atoms with Crippen LogP contribution in [0.5, 0.6) is 0 Å². The summed E-state index contributed by atoms with van der Waals surface area (Å²) in [5.41, 5.74) is 2.99. The Morgan fingerprint density at radius 2 is 1.86 bits per heavy atom. The van der Waals surface area contributed by atoms with Crippen LogP contribution in [0.2, 0.25) is 0 Å². The quantitative estimate of drug-likeness (QED) is 0.529. The highest BCUT2D eigenvalue weighted by atomic mass is 16.5. The molecule has 0 aliphatic heterocycles. The van der Waals surface area contributed by atoms with Gasteiger partial charge in [0.25, 0.3) is 0 Å². The van der Waals surface area contributed by atoms with E-state index in [0.29, 0.717) is 5.92 Å². The number of nitrogens with two attached hydrogens (primary N) is 1. The second-order valence-electron chi connectivity index (χ2n) is 5.10. The fraction of sp³-hybridized carbons (Fsp3) is 1.00. The standard InChI is InChI=1S/C11H26N2O/c1-7-8(2)9(13-12)10(14-6)11(3,4)5/h8-10,13H,7,12H2,1-6H3. The average Bonchev–Trinajstić information content (AvgIpc) is 2.10. The van der Waals surface area contributed by atoms with Crippen LogP contribution in [-0.4, -0.2) is 19.3 Å². The minimum atomic E-state index is 0.106. The van der Waals surface area contributed by atoms with Gasteiger partial charge in [-0.15, -0.1) is 0 Å². The van der Waals surface area contributed by atoms with Crippen molar-refractivity contribution in [2.24, 2.45) is 17.2 Å². The third-order valence-corrected chi connectivity index (χ3v) is 2.88. The van der Waals surface area contributed by atoms with Crippen LogP contribution in [0, 0.1) is 11.3 Å². The molecule has 0 aromatic carbocycles. The van der Waals surface area contributed by atoms with Crippen LogP contribution in [0.3, 0.4) is 0 Å². The summed E-state index contributed by atoms with van der Waals surface area (Å²) in [5, 5.41) is 0. The molecule has 0 radical (unpaired) electrons. The molecule has 0 bridgehead atoms. The van der Waals surface area contributed by atoms with Gasteiger partial charge in [-0.2, -0.15) is 0 Å². The summed E-state index contributed by atoms with van der Waals surface area (Å²) in [6.45, 7) is 10.9. The minimum Gasteiger partial charge on any atom is -0.379 e. The first-order valence-electron chi connectivity index (χ1n) is 5.37. The Bertz CT molecular complexity index is 154. The Balaban J connectivity index is 4.61. The maximum absolute atomic E-state index is 5.59. The first-order chi connectivity index (χ1) is 6.38. The molecule has 3 heteroatoms. The number of hydrazine groups is 1. The lowest BCUT2D eigenvalue weighted by Crippen LogP contribution is -2.53. The molecular weight excluding hydrogens is 176 g/mol. The highest BCUT2D eigenvalue weighted by Crippen LogP contribution is 2.28. The van der Waals surface area contributed by atoms with E-state index < -0.39 is 0 Å². The van der Waals surface area contributed by atoms with Crippen molar-refractivity contribution in [3.8, 4) is 0 Å². The lowest BCUT2D eigenvalue weighted by atomic mass is 9.80. The van der Waals surface area contributed by atoms with E-state index in [9.17, 15) is 0 Å². The number of ether oxygens (including phenoxy) is 1. The Morgan fingerprint density at radius 3 is 2.07 bits per heavy atom. The fourth-order valence-corrected chi connectivity index (χ4v) is 1.84. The van der Waals surface area contributed by atoms with Gasteiger partial charge in [0, 0.05) is 7.11 Å². The Kier molecular flexibility index (Phi) is 5.64. The second-order valence-corrected chi connectivity index (χ2v) is 5.10. The summed E-state index contributed by atoms with van der Waals surface area (Å²) in [6.07, 6.45) is 1.24. The number of hydrogen-bond donors (Lipinski definition) is 2. The lowest BCUT2D eigenvalue weighted by Gasteiger charge is -2.38. The van der Waals surface area contributed by atoms with Crippen LogP contribution in [0.4, 0.5) is 0 Å². The van der Waals surface area contributed by atoms with E-state index in [1.165, 1.54) is 0 Å². The molecule has 0 aliphatic rings. The molecule has 0 saturated heterocycles. The third kappa shape index (κ3) is 3.56. The van der Waals surface area contributed by atoms with Gasteiger partial charge in [-0.3, -0.25) is 11.3 Å². The topological polar surface area (TPSA) is 47.3 Å². The molecule has 0 amide bonds. The molecule has 14 heavy (non-hydrogen) atoms. The molecule has 0 fully saturated rings. The third-order valence-electron chi connectivity index (χ3n) is 2.88. The number of rotatable bonds is 5. The van der Waals surface area contributed by atoms with Gasteiger partial charge in [0.2, 0.25) is 0 Å². The summed E-state index contributed by atoms with van der Waals surface area (Å²) in [5.74, 6) is 6.11. The smallest absolute Gasteiger partial charge is 0.0788 e. The molecule has 0 heterocycles. The van der Waals surface area contributed by atoms with Crippen molar-refractivity contribution in [1.29, 1.82) is 0 Å². The summed E-state index contributed by atoms with van der Waals surface area (Å²) >= 11 is 0. The summed E-state index contributed by atoms with van der Waals surface area (Å²) in [6, 6.07) is 0.213. The summed E-state index contributed by atoms with van der Waals surface area (Å²) in [7, 11) is 1.75. The molecule has 0 aromatic rings. The molecule has 86 valence electrons. The Morgan fingerprint density at radius 1 is 1.36 bits per heavy atom. The van der Waals surface area contributed by atoms with Crippen molar-refractivity contribution >= 4 is 0 Å². The van der Waals surface area contributed by atoms with Crippen LogP contribution in [0.15, 0.2) is 0 Å². The summed E-state index contributed by atoms with van der Waals surface area (Å²) in [4.78, 5) is 0. The van der Waals surface area contributed by atoms with E-state index in [1.807, 2.05) is 0 Å². The molecule has 3 atom stereocenters. The van der Waals surface area contributed by atoms with E-state index >= 15 is 0 Å². The van der Waals surface area contributed by atoms with Crippen molar-refractivity contribution in [3.05, 3.63) is 0 Å². The van der Waals surface area contributed by atoms with E-state index in [2.05, 4.69) is 40.0 Å². The zero-order valence-electron chi connectivity index (χ0n) is 10.4. The minimum absolute atomic E-state index is 0.106. The highest BCUT2D eigenvalue weighted by Gasteiger charge is 2.34. The van der Waals surface area contributed by atoms with Gasteiger partial charge in [0.05, 0.1) is 12.1 Å². The van der Waals surface area contributed by atoms with Crippen LogP contribution >= 0.6 is 0 Å². The van der Waals surface area contributed by atoms with Crippen molar-refractivity contribution in [1.82, 2.24) is 5.43 Å². The number of hydrogen-bond acceptors (Lipinski definition) is 3. The zero-order valence-corrected chi connectivity index (χ0v) is 10.4. The molecule has 0 aromatic heterocycles. The van der Waals surface area contributed by atoms with Crippen LogP contribution in [0.25, 0.3) is 0 Å². The van der Waals surface area contributed by atoms with E-state index in [4.69, 9.17) is 10.6 Å². The van der Waals surface area contributed by atoms with Gasteiger partial charge in [0.15, 0.2) is 0 Å². The van der Waals surface area contributed by atoms with Gasteiger partial charge in [-0.25, -0.2) is 0 Å². The molecule has 3 unspecified atom stereocenters. The van der Waals surface area contributed by atoms with Crippen LogP contribution in [0.1, 0.15) is 41.0 Å². The predicted molar refractivity (Wildman–Crippen MR) is 60.8 cm³/mol. The van der Waals surface area contributed by atoms with Crippen molar-refractivity contribution in [2.75, 3.05) is 7.11 Å². The van der Waals surface area contributed by atoms with Crippen molar-refractivity contribution in [3.63, 3.8) is 0 Å². The maximum Gasteiger partial charge on any atom is 0.0788 e. The normalized spacial score (nSPS) is 19.1. The summed E-state index contributed by atoms with van der Waals surface area (Å²) < 4.78 is 5.55. The Hall–Kier alpha value is -0.120. The van der Waals surface area contributed by atoms with Gasteiger partial charge in [0.1, 0.15) is 0 Å². The van der Waals surface area contributed by atoms with Crippen LogP contribution in [-0.2, 0) is 4.74 Å². The van der Waals surface area contributed by atoms with Crippen LogP contribution < -0.4 is 11.3 Å². The molecule has 3 N–H and O–H groups in total. The molecular formula is C11H26N2O. The van der Waals surface area contributed by atoms with E-state index in [0.717, 1.165) is 6.42 Å². The largest absolute Gasteiger partial charge is 0.379 e. The molecule has 0 rings (SSSR count). The first-order valence-corrected chi connectivity index (χ1v) is 5.37. The fourth-order valence-electron chi connectivity index (χ4n) is 1.84. The van der Waals surface area contributed by atoms with Gasteiger partial charge in [-0.05, 0) is 11.3 Å². The van der Waals surface area contributed by atoms with Gasteiger partial charge in [-0.1, -0.05) is 41.0 Å². The van der Waals surface area contributed by atoms with Gasteiger partial charge >= 0.3 is 0 Å².